The maximum absolute atomic E-state index is 12.9. The zero-order valence-electron chi connectivity index (χ0n) is 53.4. The van der Waals surface area contributed by atoms with Crippen molar-refractivity contribution in [1.29, 1.82) is 0 Å². The molecule has 0 aliphatic heterocycles. The average Bonchev–Trinajstić information content (AvgIpc) is 3.45. The molecule has 0 radical (unpaired) electrons. The first kappa shape index (κ1) is 76.6. The Bertz CT molecular complexity index is 1320. The fourth-order valence-electron chi connectivity index (χ4n) is 10.8. The Morgan fingerprint density at radius 3 is 0.709 bits per heavy atom. The molecule has 0 saturated heterocycles. The minimum atomic E-state index is -0.768. The van der Waals surface area contributed by atoms with E-state index >= 15 is 0 Å². The van der Waals surface area contributed by atoms with Crippen LogP contribution in [0.5, 0.6) is 0 Å². The molecular weight excluding hydrogens is 973 g/mol. The fourth-order valence-corrected chi connectivity index (χ4v) is 10.8. The van der Waals surface area contributed by atoms with Gasteiger partial charge < -0.3 is 14.2 Å². The molecule has 0 aliphatic rings. The summed E-state index contributed by atoms with van der Waals surface area (Å²) in [7, 11) is 0. The van der Waals surface area contributed by atoms with Crippen molar-refractivity contribution in [2.75, 3.05) is 13.2 Å². The van der Waals surface area contributed by atoms with Gasteiger partial charge in [-0.2, -0.15) is 0 Å². The quantitative estimate of drug-likeness (QED) is 0.0261. The monoisotopic (exact) mass is 1110 g/mol. The summed E-state index contributed by atoms with van der Waals surface area (Å²) in [6.07, 6.45) is 84.8. The van der Waals surface area contributed by atoms with Gasteiger partial charge in [-0.3, -0.25) is 14.4 Å². The van der Waals surface area contributed by atoms with E-state index < -0.39 is 6.10 Å². The van der Waals surface area contributed by atoms with Crippen LogP contribution in [0.4, 0.5) is 0 Å². The van der Waals surface area contributed by atoms with Crippen LogP contribution in [0.15, 0.2) is 36.5 Å². The molecule has 79 heavy (non-hydrogen) atoms. The van der Waals surface area contributed by atoms with E-state index in [1.54, 1.807) is 0 Å². The van der Waals surface area contributed by atoms with Crippen molar-refractivity contribution in [2.24, 2.45) is 0 Å². The summed E-state index contributed by atoms with van der Waals surface area (Å²) < 4.78 is 16.9. The van der Waals surface area contributed by atoms with E-state index in [9.17, 15) is 14.4 Å². The van der Waals surface area contributed by atoms with E-state index in [4.69, 9.17) is 14.2 Å². The fraction of sp³-hybridized carbons (Fsp3) is 0.877. The van der Waals surface area contributed by atoms with Crippen LogP contribution in [0.25, 0.3) is 0 Å². The summed E-state index contributed by atoms with van der Waals surface area (Å²) in [5.74, 6) is -0.846. The first-order valence-corrected chi connectivity index (χ1v) is 35.5. The van der Waals surface area contributed by atoms with E-state index in [0.29, 0.717) is 19.3 Å². The molecule has 0 spiro atoms. The van der Waals surface area contributed by atoms with Crippen LogP contribution in [-0.4, -0.2) is 37.2 Å². The number of hydrogen-bond donors (Lipinski definition) is 0. The first-order valence-electron chi connectivity index (χ1n) is 35.5. The molecule has 0 aromatic heterocycles. The molecule has 0 fully saturated rings. The van der Waals surface area contributed by atoms with Crippen LogP contribution in [0.3, 0.4) is 0 Å². The number of carbonyl (C=O) groups is 3. The van der Waals surface area contributed by atoms with E-state index in [1.807, 2.05) is 0 Å². The second kappa shape index (κ2) is 68.1. The van der Waals surface area contributed by atoms with Crippen molar-refractivity contribution in [2.45, 2.75) is 399 Å². The minimum Gasteiger partial charge on any atom is -0.462 e. The average molecular weight is 1110 g/mol. The van der Waals surface area contributed by atoms with Crippen molar-refractivity contribution in [3.05, 3.63) is 36.5 Å². The molecule has 1 atom stereocenters. The molecular formula is C73H136O6. The summed E-state index contributed by atoms with van der Waals surface area (Å²) in [5.41, 5.74) is 0. The van der Waals surface area contributed by atoms with Crippen LogP contribution in [0.2, 0.25) is 0 Å². The normalized spacial score (nSPS) is 12.2. The Hall–Kier alpha value is -2.37. The highest BCUT2D eigenvalue weighted by atomic mass is 16.6. The van der Waals surface area contributed by atoms with Gasteiger partial charge in [-0.1, -0.05) is 353 Å². The molecule has 0 N–H and O–H groups in total. The zero-order chi connectivity index (χ0) is 57.1. The SMILES string of the molecule is CCCCCCC/C=C\C/C=C\C/C=C\CCCCCCCCCCCCCCC(=O)OCC(COC(=O)CCCCCCCCCC)OC(=O)CCCCCCCCCCCCCCCCCCCCCCCCCCCC. The molecule has 0 aromatic carbocycles. The molecule has 6 nitrogen and oxygen atoms in total. The third-order valence-corrected chi connectivity index (χ3v) is 16.1. The highest BCUT2D eigenvalue weighted by Gasteiger charge is 2.19. The van der Waals surface area contributed by atoms with Crippen molar-refractivity contribution in [3.8, 4) is 0 Å². The number of carbonyl (C=O) groups excluding carboxylic acids is 3. The van der Waals surface area contributed by atoms with Gasteiger partial charge in [0.15, 0.2) is 6.10 Å². The van der Waals surface area contributed by atoms with Crippen molar-refractivity contribution < 1.29 is 28.6 Å². The van der Waals surface area contributed by atoms with E-state index in [-0.39, 0.29) is 31.1 Å². The molecule has 0 bridgehead atoms. The van der Waals surface area contributed by atoms with Gasteiger partial charge in [0.25, 0.3) is 0 Å². The molecule has 464 valence electrons. The van der Waals surface area contributed by atoms with Crippen molar-refractivity contribution in [1.82, 2.24) is 0 Å². The van der Waals surface area contributed by atoms with E-state index in [2.05, 4.69) is 57.2 Å². The third kappa shape index (κ3) is 66.3. The molecule has 0 saturated carbocycles. The Morgan fingerprint density at radius 1 is 0.253 bits per heavy atom. The van der Waals surface area contributed by atoms with Crippen LogP contribution in [0, 0.1) is 0 Å². The predicted molar refractivity (Wildman–Crippen MR) is 344 cm³/mol. The molecule has 0 amide bonds. The smallest absolute Gasteiger partial charge is 0.306 e. The van der Waals surface area contributed by atoms with Crippen molar-refractivity contribution >= 4 is 17.9 Å². The number of unbranched alkanes of at least 4 members (excludes halogenated alkanes) is 49. The van der Waals surface area contributed by atoms with Crippen LogP contribution < -0.4 is 0 Å². The predicted octanol–water partition coefficient (Wildman–Crippen LogP) is 24.3. The Morgan fingerprint density at radius 2 is 0.456 bits per heavy atom. The molecule has 1 unspecified atom stereocenters. The standard InChI is InChI=1S/C73H136O6/c1-4-7-10-13-16-19-21-23-25-27-29-31-33-35-37-39-40-42-44-46-48-50-52-54-57-60-63-66-72(75)78-69-70(68-77-71(74)65-62-59-56-18-15-12-9-6-3)79-73(76)67-64-61-58-55-53-51-49-47-45-43-41-38-36-34-32-30-28-26-24-22-20-17-14-11-8-5-2/h21,23,27,29,33,35,70H,4-20,22,24-26,28,30-32,34,36-69H2,1-3H3/b23-21-,29-27-,35-33-. The van der Waals surface area contributed by atoms with Gasteiger partial charge >= 0.3 is 17.9 Å². The number of allylic oxidation sites excluding steroid dienone is 6. The molecule has 0 heterocycles. The second-order valence-electron chi connectivity index (χ2n) is 24.2. The van der Waals surface area contributed by atoms with Gasteiger partial charge in [0.2, 0.25) is 0 Å². The third-order valence-electron chi connectivity index (χ3n) is 16.1. The lowest BCUT2D eigenvalue weighted by Crippen LogP contribution is -2.30. The Kier molecular flexibility index (Phi) is 66.1. The summed E-state index contributed by atoms with van der Waals surface area (Å²) in [6, 6.07) is 0. The largest absolute Gasteiger partial charge is 0.462 e. The summed E-state index contributed by atoms with van der Waals surface area (Å²) in [4.78, 5) is 38.2. The van der Waals surface area contributed by atoms with Gasteiger partial charge in [0, 0.05) is 19.3 Å². The second-order valence-corrected chi connectivity index (χ2v) is 24.2. The van der Waals surface area contributed by atoms with Gasteiger partial charge in [-0.05, 0) is 57.8 Å². The van der Waals surface area contributed by atoms with Gasteiger partial charge in [0.1, 0.15) is 13.2 Å². The highest BCUT2D eigenvalue weighted by molar-refractivity contribution is 5.71. The number of esters is 3. The van der Waals surface area contributed by atoms with Crippen LogP contribution in [0.1, 0.15) is 393 Å². The number of ether oxygens (including phenoxy) is 3. The minimum absolute atomic E-state index is 0.0672. The lowest BCUT2D eigenvalue weighted by Gasteiger charge is -2.18. The highest BCUT2D eigenvalue weighted by Crippen LogP contribution is 2.19. The summed E-state index contributed by atoms with van der Waals surface area (Å²) >= 11 is 0. The van der Waals surface area contributed by atoms with Crippen LogP contribution in [-0.2, 0) is 28.6 Å². The Labute approximate surface area is 493 Å². The lowest BCUT2D eigenvalue weighted by atomic mass is 10.0. The topological polar surface area (TPSA) is 78.9 Å². The molecule has 0 rings (SSSR count). The van der Waals surface area contributed by atoms with Gasteiger partial charge in [-0.25, -0.2) is 0 Å². The van der Waals surface area contributed by atoms with E-state index in [1.165, 1.54) is 283 Å². The first-order chi connectivity index (χ1) is 39.0. The molecule has 0 aromatic rings. The van der Waals surface area contributed by atoms with Crippen molar-refractivity contribution in [3.63, 3.8) is 0 Å². The maximum atomic E-state index is 12.9. The molecule has 0 aliphatic carbocycles. The van der Waals surface area contributed by atoms with Gasteiger partial charge in [-0.15, -0.1) is 0 Å². The van der Waals surface area contributed by atoms with Gasteiger partial charge in [0.05, 0.1) is 0 Å². The van der Waals surface area contributed by atoms with Crippen LogP contribution >= 0.6 is 0 Å². The Balaban J connectivity index is 4.07. The van der Waals surface area contributed by atoms with E-state index in [0.717, 1.165) is 70.6 Å². The number of hydrogen-bond acceptors (Lipinski definition) is 6. The molecule has 6 heteroatoms. The summed E-state index contributed by atoms with van der Waals surface area (Å²) in [5, 5.41) is 0. The lowest BCUT2D eigenvalue weighted by molar-refractivity contribution is -0.167. The summed E-state index contributed by atoms with van der Waals surface area (Å²) in [6.45, 7) is 6.67. The number of rotatable bonds is 66. The maximum Gasteiger partial charge on any atom is 0.306 e. The zero-order valence-corrected chi connectivity index (χ0v) is 53.4.